The molecule has 1 aliphatic rings. The molecule has 1 saturated heterocycles. The molecule has 28 heavy (non-hydrogen) atoms. The molecular weight excluding hydrogens is 370 g/mol. The molecule has 6 heteroatoms. The van der Waals surface area contributed by atoms with E-state index in [2.05, 4.69) is 23.7 Å². The summed E-state index contributed by atoms with van der Waals surface area (Å²) in [6.07, 6.45) is 3.54. The summed E-state index contributed by atoms with van der Waals surface area (Å²) in [5.41, 5.74) is 1.94. The number of amides is 1. The van der Waals surface area contributed by atoms with E-state index in [1.54, 1.807) is 17.4 Å². The van der Waals surface area contributed by atoms with Gasteiger partial charge in [0, 0.05) is 44.2 Å². The Kier molecular flexibility index (Phi) is 7.23. The lowest BCUT2D eigenvalue weighted by atomic mass is 10.2. The second kappa shape index (κ2) is 9.85. The Bertz CT molecular complexity index is 790. The summed E-state index contributed by atoms with van der Waals surface area (Å²) in [5, 5.41) is 3.06. The van der Waals surface area contributed by atoms with Crippen molar-refractivity contribution in [3.8, 4) is 5.75 Å². The number of benzene rings is 1. The Morgan fingerprint density at radius 2 is 1.93 bits per heavy atom. The van der Waals surface area contributed by atoms with Crippen molar-refractivity contribution in [1.82, 2.24) is 14.8 Å². The zero-order valence-electron chi connectivity index (χ0n) is 16.9. The first-order chi connectivity index (χ1) is 13.5. The van der Waals surface area contributed by atoms with Crippen LogP contribution in [0.5, 0.6) is 5.75 Å². The molecule has 2 aromatic rings. The van der Waals surface area contributed by atoms with E-state index in [0.717, 1.165) is 54.7 Å². The second-order valence-corrected chi connectivity index (χ2v) is 8.63. The van der Waals surface area contributed by atoms with Crippen LogP contribution >= 0.6 is 11.3 Å². The summed E-state index contributed by atoms with van der Waals surface area (Å²) in [6.45, 7) is 11.6. The molecule has 0 radical (unpaired) electrons. The molecule has 0 unspecified atom stereocenters. The van der Waals surface area contributed by atoms with Crippen molar-refractivity contribution in [2.45, 2.75) is 27.4 Å². The molecule has 1 aromatic carbocycles. The predicted octanol–water partition coefficient (Wildman–Crippen LogP) is 3.84. The van der Waals surface area contributed by atoms with Crippen LogP contribution in [0, 0.1) is 12.8 Å². The molecule has 1 aromatic heterocycles. The zero-order valence-corrected chi connectivity index (χ0v) is 17.7. The van der Waals surface area contributed by atoms with Gasteiger partial charge in [0.25, 0.3) is 0 Å². The zero-order chi connectivity index (χ0) is 19.9. The molecule has 1 fully saturated rings. The van der Waals surface area contributed by atoms with Crippen LogP contribution in [0.2, 0.25) is 0 Å². The highest BCUT2D eigenvalue weighted by Crippen LogP contribution is 2.16. The summed E-state index contributed by atoms with van der Waals surface area (Å²) in [5.74, 6) is 1.55. The number of piperazine rings is 1. The van der Waals surface area contributed by atoms with Crippen LogP contribution in [0.25, 0.3) is 6.08 Å². The van der Waals surface area contributed by atoms with Crippen LogP contribution in [0.4, 0.5) is 0 Å². The lowest BCUT2D eigenvalue weighted by molar-refractivity contribution is -0.127. The monoisotopic (exact) mass is 399 g/mol. The predicted molar refractivity (Wildman–Crippen MR) is 115 cm³/mol. The molecule has 1 aliphatic heterocycles. The third kappa shape index (κ3) is 6.17. The number of ether oxygens (including phenoxy) is 1. The fourth-order valence-corrected chi connectivity index (χ4v) is 3.84. The Balaban J connectivity index is 1.45. The topological polar surface area (TPSA) is 45.7 Å². The van der Waals surface area contributed by atoms with Crippen molar-refractivity contribution in [3.63, 3.8) is 0 Å². The normalized spacial score (nSPS) is 15.5. The van der Waals surface area contributed by atoms with Crippen LogP contribution < -0.4 is 4.74 Å². The number of hydrogen-bond donors (Lipinski definition) is 0. The van der Waals surface area contributed by atoms with Crippen molar-refractivity contribution in [1.29, 1.82) is 0 Å². The fraction of sp³-hybridized carbons (Fsp3) is 0.455. The molecule has 2 heterocycles. The van der Waals surface area contributed by atoms with Crippen molar-refractivity contribution < 1.29 is 9.53 Å². The minimum Gasteiger partial charge on any atom is -0.487 e. The highest BCUT2D eigenvalue weighted by atomic mass is 32.1. The van der Waals surface area contributed by atoms with Crippen LogP contribution in [0.15, 0.2) is 35.7 Å². The molecule has 0 saturated carbocycles. The quantitative estimate of drug-likeness (QED) is 0.664. The maximum atomic E-state index is 12.4. The maximum Gasteiger partial charge on any atom is 0.246 e. The van der Waals surface area contributed by atoms with Crippen LogP contribution in [0.1, 0.15) is 30.1 Å². The Hall–Kier alpha value is -2.18. The van der Waals surface area contributed by atoms with Gasteiger partial charge in [0.1, 0.15) is 12.4 Å². The van der Waals surface area contributed by atoms with E-state index < -0.39 is 0 Å². The minimum absolute atomic E-state index is 0.0865. The smallest absolute Gasteiger partial charge is 0.246 e. The summed E-state index contributed by atoms with van der Waals surface area (Å²) in [7, 11) is 0. The van der Waals surface area contributed by atoms with Gasteiger partial charge in [-0.3, -0.25) is 9.69 Å². The number of aryl methyl sites for hydroxylation is 1. The number of rotatable bonds is 7. The molecule has 150 valence electrons. The van der Waals surface area contributed by atoms with E-state index in [-0.39, 0.29) is 5.91 Å². The van der Waals surface area contributed by atoms with Crippen molar-refractivity contribution in [3.05, 3.63) is 52.0 Å². The number of nitrogens with zero attached hydrogens (tertiary/aromatic N) is 3. The van der Waals surface area contributed by atoms with E-state index in [1.165, 1.54) is 0 Å². The van der Waals surface area contributed by atoms with Crippen LogP contribution in [-0.4, -0.2) is 53.4 Å². The first kappa shape index (κ1) is 20.6. The van der Waals surface area contributed by atoms with Gasteiger partial charge in [-0.25, -0.2) is 4.98 Å². The minimum atomic E-state index is 0.0865. The Morgan fingerprint density at radius 3 is 2.54 bits per heavy atom. The lowest BCUT2D eigenvalue weighted by Gasteiger charge is -2.35. The average molecular weight is 400 g/mol. The standard InChI is InChI=1S/C22H29N3O2S/c1-17(2)14-24-10-12-25(13-11-24)22(26)9-6-19-4-7-21(8-5-19)27-15-20-16-28-18(3)23-20/h4-9,16-17H,10-15H2,1-3H3/b9-6+. The van der Waals surface area contributed by atoms with Crippen molar-refractivity contribution in [2.75, 3.05) is 32.7 Å². The Labute approximate surface area is 171 Å². The van der Waals surface area contributed by atoms with Gasteiger partial charge >= 0.3 is 0 Å². The number of hydrogen-bond acceptors (Lipinski definition) is 5. The van der Waals surface area contributed by atoms with E-state index in [9.17, 15) is 4.79 Å². The van der Waals surface area contributed by atoms with Crippen molar-refractivity contribution in [2.24, 2.45) is 5.92 Å². The van der Waals surface area contributed by atoms with Gasteiger partial charge in [-0.05, 0) is 36.6 Å². The molecule has 3 rings (SSSR count). The molecule has 0 spiro atoms. The first-order valence-corrected chi connectivity index (χ1v) is 10.7. The van der Waals surface area contributed by atoms with Crippen LogP contribution in [-0.2, 0) is 11.4 Å². The lowest BCUT2D eigenvalue weighted by Crippen LogP contribution is -2.49. The molecular formula is C22H29N3O2S. The summed E-state index contributed by atoms with van der Waals surface area (Å²) in [4.78, 5) is 21.2. The molecule has 5 nitrogen and oxygen atoms in total. The van der Waals surface area contributed by atoms with Crippen molar-refractivity contribution >= 4 is 23.3 Å². The first-order valence-electron chi connectivity index (χ1n) is 9.83. The molecule has 0 N–H and O–H groups in total. The Morgan fingerprint density at radius 1 is 1.21 bits per heavy atom. The van der Waals surface area contributed by atoms with E-state index in [4.69, 9.17) is 4.74 Å². The maximum absolute atomic E-state index is 12.4. The van der Waals surface area contributed by atoms with Gasteiger partial charge in [-0.1, -0.05) is 26.0 Å². The molecule has 0 bridgehead atoms. The summed E-state index contributed by atoms with van der Waals surface area (Å²) >= 11 is 1.63. The largest absolute Gasteiger partial charge is 0.487 e. The van der Waals surface area contributed by atoms with Gasteiger partial charge in [0.15, 0.2) is 0 Å². The number of thiazole rings is 1. The number of carbonyl (C=O) groups excluding carboxylic acids is 1. The number of carbonyl (C=O) groups is 1. The summed E-state index contributed by atoms with van der Waals surface area (Å²) < 4.78 is 5.76. The van der Waals surface area contributed by atoms with Gasteiger partial charge in [-0.15, -0.1) is 11.3 Å². The molecule has 0 atom stereocenters. The van der Waals surface area contributed by atoms with Gasteiger partial charge in [0.2, 0.25) is 5.91 Å². The molecule has 1 amide bonds. The second-order valence-electron chi connectivity index (χ2n) is 7.57. The van der Waals surface area contributed by atoms with Crippen LogP contribution in [0.3, 0.4) is 0 Å². The number of aromatic nitrogens is 1. The average Bonchev–Trinajstić information content (AvgIpc) is 3.10. The SMILES string of the molecule is Cc1nc(COc2ccc(/C=C/C(=O)N3CCN(CC(C)C)CC3)cc2)cs1. The summed E-state index contributed by atoms with van der Waals surface area (Å²) in [6, 6.07) is 7.78. The fourth-order valence-electron chi connectivity index (χ4n) is 3.25. The highest BCUT2D eigenvalue weighted by molar-refractivity contribution is 7.09. The van der Waals surface area contributed by atoms with Gasteiger partial charge in [-0.2, -0.15) is 0 Å². The third-order valence-electron chi connectivity index (χ3n) is 4.66. The third-order valence-corrected chi connectivity index (χ3v) is 5.48. The van der Waals surface area contributed by atoms with Gasteiger partial charge < -0.3 is 9.64 Å². The van der Waals surface area contributed by atoms with E-state index in [0.29, 0.717) is 12.5 Å². The highest BCUT2D eigenvalue weighted by Gasteiger charge is 2.19. The van der Waals surface area contributed by atoms with E-state index in [1.807, 2.05) is 47.5 Å². The van der Waals surface area contributed by atoms with E-state index >= 15 is 0 Å². The molecule has 0 aliphatic carbocycles. The van der Waals surface area contributed by atoms with Gasteiger partial charge in [0.05, 0.1) is 10.7 Å².